The number of hydrogen-bond donors (Lipinski definition) is 13. The molecule has 0 aromatic carbocycles. The highest BCUT2D eigenvalue weighted by Gasteiger charge is 2.67. The lowest BCUT2D eigenvalue weighted by molar-refractivity contribution is -0.184. The second-order valence-electron chi connectivity index (χ2n) is 32.2. The fraction of sp³-hybridized carbons (Fsp3) is 0.545. The van der Waals surface area contributed by atoms with Crippen LogP contribution in [-0.4, -0.2) is 326 Å². The monoisotopic (exact) mass is 2030 g/mol. The summed E-state index contributed by atoms with van der Waals surface area (Å²) >= 11 is 0. The summed E-state index contributed by atoms with van der Waals surface area (Å²) in [4.78, 5) is 135. The molecule has 0 spiro atoms. The van der Waals surface area contributed by atoms with Gasteiger partial charge in [-0.2, -0.15) is 39.4 Å². The third-order valence-corrected chi connectivity index (χ3v) is 29.6. The van der Waals surface area contributed by atoms with E-state index in [1.807, 2.05) is 0 Å². The van der Waals surface area contributed by atoms with Crippen molar-refractivity contribution in [2.24, 2.45) is 16.8 Å². The van der Waals surface area contributed by atoms with Crippen molar-refractivity contribution in [3.63, 3.8) is 0 Å². The molecule has 0 radical (unpaired) electrons. The average Bonchev–Trinajstić information content (AvgIpc) is 1.55. The van der Waals surface area contributed by atoms with E-state index in [1.165, 1.54) is 73.3 Å². The molecule has 26 unspecified atom stereocenters. The summed E-state index contributed by atoms with van der Waals surface area (Å²) in [5.41, 5.74) is 16.1. The van der Waals surface area contributed by atoms with Crippen LogP contribution in [0.1, 0.15) is 71.6 Å². The number of phosphoric ester groups is 3. The number of nitrogens with two attached hydrogens (primary N) is 3. The molecule has 0 saturated carbocycles. The Labute approximate surface area is 757 Å². The Balaban J connectivity index is 0.000000126. The minimum Gasteiger partial charge on any atom is -0.396 e. The second-order valence-corrected chi connectivity index (χ2v) is 40.5. The lowest BCUT2D eigenvalue weighted by atomic mass is 9.99. The Bertz CT molecular complexity index is 7250. The number of aliphatic hydroxyl groups is 2. The molecule has 0 aliphatic carbocycles. The maximum absolute atomic E-state index is 15.9. The summed E-state index contributed by atoms with van der Waals surface area (Å²) < 4.78 is 255. The summed E-state index contributed by atoms with van der Waals surface area (Å²) in [6.45, 7) is -2.49. The summed E-state index contributed by atoms with van der Waals surface area (Å²) in [5, 5.41) is 20.6. The van der Waals surface area contributed by atoms with Crippen molar-refractivity contribution in [3.8, 4) is 0 Å². The van der Waals surface area contributed by atoms with Crippen molar-refractivity contribution in [2.75, 3.05) is 83.0 Å². The molecule has 10 saturated heterocycles. The van der Waals surface area contributed by atoms with Crippen LogP contribution in [0.25, 0.3) is 55.8 Å². The highest BCUT2D eigenvalue weighted by Crippen LogP contribution is 2.57. The zero-order valence-corrected chi connectivity index (χ0v) is 74.5. The van der Waals surface area contributed by atoms with E-state index in [4.69, 9.17) is 90.1 Å². The summed E-state index contributed by atoms with van der Waals surface area (Å²) in [5.74, 6) is -1.95. The second kappa shape index (κ2) is 35.3. The summed E-state index contributed by atoms with van der Waals surface area (Å²) in [7, 11) is -29.0. The van der Waals surface area contributed by atoms with Gasteiger partial charge in [-0.25, -0.2) is 105 Å². The first-order valence-corrected chi connectivity index (χ1v) is 49.3. The van der Waals surface area contributed by atoms with Crippen LogP contribution in [0, 0.1) is 25.7 Å². The number of Topliss-reactive ketones (excluding diaryl/α,β-unsaturated/α-hetero) is 1. The van der Waals surface area contributed by atoms with Crippen LogP contribution in [0.3, 0.4) is 0 Å². The molecular formula is C66H76F2N29O33P3S3. The summed E-state index contributed by atoms with van der Waals surface area (Å²) in [6.07, 6.45) is -16.7. The number of aromatic nitrogens is 22. The maximum atomic E-state index is 15.9. The minimum absolute atomic E-state index is 0.00977. The first-order chi connectivity index (χ1) is 64.7. The number of nitrogens with zero attached hydrogens (tertiary/aromatic N) is 21. The van der Waals surface area contributed by atoms with Crippen LogP contribution in [0.2, 0.25) is 0 Å². The number of aliphatic hydroxyl groups excluding tert-OH is 2. The van der Waals surface area contributed by atoms with E-state index >= 15 is 8.78 Å². The number of fused-ring (bicyclic) bond motifs is 14. The van der Waals surface area contributed by atoms with Crippen LogP contribution >= 0.6 is 23.5 Å². The third kappa shape index (κ3) is 17.4. The van der Waals surface area contributed by atoms with Crippen LogP contribution in [-0.2, 0) is 117 Å². The number of ether oxygens (including phenoxy) is 7. The molecule has 730 valence electrons. The highest BCUT2D eigenvalue weighted by molar-refractivity contribution is 7.85. The molecule has 11 aliphatic rings. The third-order valence-electron chi connectivity index (χ3n) is 23.7. The quantitative estimate of drug-likeness (QED) is 0.0636. The molecule has 0 amide bonds. The number of alkyl halides is 2. The minimum atomic E-state index is -5.08. The van der Waals surface area contributed by atoms with Crippen molar-refractivity contribution in [2.45, 2.75) is 149 Å². The van der Waals surface area contributed by atoms with Crippen molar-refractivity contribution in [1.29, 1.82) is 0 Å². The van der Waals surface area contributed by atoms with Crippen LogP contribution in [0.15, 0.2) is 71.5 Å². The highest BCUT2D eigenvalue weighted by atomic mass is 32.2. The predicted molar refractivity (Wildman–Crippen MR) is 439 cm³/mol. The summed E-state index contributed by atoms with van der Waals surface area (Å²) in [6, 6.07) is 0. The standard InChI is InChI=1S/C23H27N10O12PS.C22H25FN9O11PS.C21H24FN10O10PS/c1-9-30-19-13(20(35)31-9)28-8-33(19)21-14-10(3-34)11(42-21)2-29-47(38,39)45-16-15-22(32-7-27-12-17(24)25-6-26-18(12)32)43-23(16,4-40-15)5-41-46(36,37)44-14;23-14-18-12(40-21(14)32-8-29-16-19(24)26-6-27-20(16)32)3-30-45(37,38)43-17-9(4-33)13(5-39-44(35,36)42-18)41-22(17)31-7-28-15-10(31)1-25-2-11(15)34;1-8-29-18-14(19(33)30-8)27-7-32(18)20-10-2-9(39-20)3-28-44(36,37)42-15-11(4-38-43(34,35)41-10)40-21(12(15)22)31-6-26-13-16(23)24-5-25-17(13)31/h6-8,10-11,14-16,21-22,29,34H,2-5H2,1H3,(H,36,37)(H2,24,25,26)(H,30,31,35);1,6-9,12-14,17-18,21-22,30,33H,2-5H2,(H,35,36)(H2,24,26,27);5-7,9-12,15,20-21,28H,2-4H2,1H3,(H,34,35)(H2,23,24,25)(H,29,30,33). The molecule has 11 aromatic heterocycles. The van der Waals surface area contributed by atoms with Gasteiger partial charge in [0.05, 0.1) is 102 Å². The Morgan fingerprint density at radius 3 is 1.51 bits per heavy atom. The Kier molecular flexibility index (Phi) is 24.2. The molecule has 11 aliphatic heterocycles. The van der Waals surface area contributed by atoms with Gasteiger partial charge >= 0.3 is 54.4 Å². The number of aryl methyl sites for hydroxylation is 2. The zero-order chi connectivity index (χ0) is 95.5. The van der Waals surface area contributed by atoms with E-state index in [-0.39, 0.29) is 122 Å². The molecule has 16 N–H and O–H groups in total. The van der Waals surface area contributed by atoms with Crippen LogP contribution in [0.5, 0.6) is 0 Å². The fourth-order valence-corrected chi connectivity index (χ4v) is 23.3. The molecule has 11 aromatic rings. The number of carbonyl (C=O) groups excluding carboxylic acids is 1. The first kappa shape index (κ1) is 93.4. The molecule has 70 heteroatoms. The molecule has 8 bridgehead atoms. The van der Waals surface area contributed by atoms with Crippen molar-refractivity contribution < 1.29 is 150 Å². The fourth-order valence-electron chi connectivity index (χ4n) is 17.5. The van der Waals surface area contributed by atoms with Gasteiger partial charge < -0.3 is 85.2 Å². The van der Waals surface area contributed by atoms with Gasteiger partial charge in [0.15, 0.2) is 106 Å². The number of aliphatic imine (C=N–C) groups is 1. The normalized spacial score (nSPS) is 36.1. The predicted octanol–water partition coefficient (Wildman–Crippen LogP) is -4.74. The van der Waals surface area contributed by atoms with Crippen molar-refractivity contribution >= 4 is 140 Å². The SMILES string of the molecule is Cc1nc2c(ncn2C2OC3CNS(=O)(=O)OC4C(COP(=O)(O)OC2C3)OC(n2cnc3c(N)ncnc32)C4F)c(=O)[nH]1.Cc1nc2c(ncn2C2OC3CNS(=O)(=O)OC4C5OCC4(COP(=O)(O)OC2C3CO)OC5n2cnc3c(N)ncnc32)c(=O)[nH]1.Nc1ncnc2c1ncn2C1OC2CNS(=O)(=O)OC3C(CO)C(COP(=O)(O)OC2C1F)OC3n1cnc2c1C=NCC2=O. The van der Waals surface area contributed by atoms with Crippen molar-refractivity contribution in [3.05, 3.63) is 101 Å². The van der Waals surface area contributed by atoms with E-state index < -0.39 is 259 Å². The maximum Gasteiger partial charge on any atom is 0.472 e. The number of aromatic amines is 2. The average molecular weight is 2030 g/mol. The van der Waals surface area contributed by atoms with E-state index in [0.717, 1.165) is 17.2 Å². The number of halogens is 2. The lowest BCUT2D eigenvalue weighted by Gasteiger charge is -2.32. The molecular weight excluding hydrogens is 1950 g/mol. The molecule has 62 nitrogen and oxygen atoms in total. The number of imidazole rings is 6. The van der Waals surface area contributed by atoms with Gasteiger partial charge in [-0.15, -0.1) is 0 Å². The van der Waals surface area contributed by atoms with Crippen LogP contribution in [0.4, 0.5) is 26.2 Å². The molecule has 26 atom stereocenters. The number of nitrogen functional groups attached to an aromatic ring is 3. The lowest BCUT2D eigenvalue weighted by Crippen LogP contribution is -2.48. The topological polar surface area (TPSA) is 822 Å². The molecule has 22 heterocycles. The van der Waals surface area contributed by atoms with Gasteiger partial charge in [-0.1, -0.05) is 0 Å². The van der Waals surface area contributed by atoms with E-state index in [2.05, 4.69) is 98.9 Å². The number of anilines is 3. The van der Waals surface area contributed by atoms with E-state index in [0.29, 0.717) is 0 Å². The Morgan fingerprint density at radius 2 is 0.926 bits per heavy atom. The number of ketones is 1. The van der Waals surface area contributed by atoms with Crippen molar-refractivity contribution in [1.82, 2.24) is 121 Å². The van der Waals surface area contributed by atoms with E-state index in [1.54, 1.807) is 13.8 Å². The van der Waals surface area contributed by atoms with Gasteiger partial charge in [0, 0.05) is 44.1 Å². The molecule has 136 heavy (non-hydrogen) atoms. The number of phosphoric acid groups is 3. The number of rotatable bonds is 8. The number of nitrogens with one attached hydrogen (secondary N) is 5. The molecule has 22 rings (SSSR count). The van der Waals surface area contributed by atoms with Gasteiger partial charge in [0.2, 0.25) is 5.78 Å². The van der Waals surface area contributed by atoms with E-state index in [9.17, 15) is 78.2 Å². The van der Waals surface area contributed by atoms with Gasteiger partial charge in [0.1, 0.15) is 120 Å². The number of H-pyrrole nitrogens is 2. The Morgan fingerprint density at radius 1 is 0.471 bits per heavy atom. The molecule has 10 fully saturated rings. The Hall–Kier alpha value is -10.3. The zero-order valence-electron chi connectivity index (χ0n) is 69.4. The van der Waals surface area contributed by atoms with Gasteiger partial charge in [-0.05, 0) is 13.8 Å². The number of hydrogen-bond acceptors (Lipinski definition) is 48. The van der Waals surface area contributed by atoms with Gasteiger partial charge in [-0.3, -0.25) is 73.9 Å². The van der Waals surface area contributed by atoms with Gasteiger partial charge in [0.25, 0.3) is 11.1 Å². The first-order valence-electron chi connectivity index (χ1n) is 40.6. The number of carbonyl (C=O) groups is 1. The smallest absolute Gasteiger partial charge is 0.396 e. The largest absolute Gasteiger partial charge is 0.472 e. The van der Waals surface area contributed by atoms with Crippen LogP contribution < -0.4 is 42.5 Å².